The number of rotatable bonds is 4. The SMILES string of the molecule is Cc1cc(C(=O)N2C[C@@H]3[C@H](CNC(=O)C4CCC4)[C@H]4CC[C@]3(C2)O4)cc(=O)[nH]1.O=CO. The molecule has 168 valence electrons. The first-order chi connectivity index (χ1) is 14.9. The summed E-state index contributed by atoms with van der Waals surface area (Å²) >= 11 is 0. The zero-order chi connectivity index (χ0) is 22.2. The topological polar surface area (TPSA) is 129 Å². The van der Waals surface area contributed by atoms with Crippen LogP contribution in [0.15, 0.2) is 16.9 Å². The van der Waals surface area contributed by atoms with E-state index in [-0.39, 0.29) is 53.3 Å². The van der Waals surface area contributed by atoms with Crippen LogP contribution in [0.2, 0.25) is 0 Å². The third-order valence-electron chi connectivity index (χ3n) is 7.28. The molecule has 31 heavy (non-hydrogen) atoms. The van der Waals surface area contributed by atoms with Gasteiger partial charge in [-0.2, -0.15) is 0 Å². The van der Waals surface area contributed by atoms with Crippen molar-refractivity contribution in [3.05, 3.63) is 33.7 Å². The zero-order valence-corrected chi connectivity index (χ0v) is 17.6. The van der Waals surface area contributed by atoms with E-state index in [9.17, 15) is 14.4 Å². The van der Waals surface area contributed by atoms with Gasteiger partial charge in [-0.15, -0.1) is 0 Å². The monoisotopic (exact) mass is 431 g/mol. The molecule has 4 aliphatic rings. The molecule has 3 N–H and O–H groups in total. The Morgan fingerprint density at radius 2 is 2.10 bits per heavy atom. The minimum Gasteiger partial charge on any atom is -0.483 e. The van der Waals surface area contributed by atoms with Crippen molar-refractivity contribution < 1.29 is 24.2 Å². The molecule has 0 aromatic carbocycles. The molecule has 1 spiro atoms. The minimum atomic E-state index is -0.275. The van der Waals surface area contributed by atoms with Crippen LogP contribution < -0.4 is 10.9 Å². The summed E-state index contributed by atoms with van der Waals surface area (Å²) in [6.45, 7) is 3.37. The number of aromatic amines is 1. The number of likely N-dealkylation sites (tertiary alicyclic amines) is 1. The minimum absolute atomic E-state index is 0.109. The van der Waals surface area contributed by atoms with Gasteiger partial charge in [-0.3, -0.25) is 19.2 Å². The first kappa shape index (κ1) is 21.5. The molecule has 3 aliphatic heterocycles. The second kappa shape index (κ2) is 8.45. The number of amides is 2. The molecule has 1 aromatic heterocycles. The molecule has 4 heterocycles. The lowest BCUT2D eigenvalue weighted by Crippen LogP contribution is -2.44. The summed E-state index contributed by atoms with van der Waals surface area (Å²) in [6.07, 6.45) is 5.30. The maximum absolute atomic E-state index is 13.0. The highest BCUT2D eigenvalue weighted by atomic mass is 16.5. The number of aromatic nitrogens is 1. The number of pyridine rings is 1. The van der Waals surface area contributed by atoms with Gasteiger partial charge in [0.25, 0.3) is 12.4 Å². The van der Waals surface area contributed by atoms with Crippen LogP contribution in [0.25, 0.3) is 0 Å². The Kier molecular flexibility index (Phi) is 5.88. The van der Waals surface area contributed by atoms with Crippen LogP contribution in [0.1, 0.15) is 48.2 Å². The third-order valence-corrected chi connectivity index (χ3v) is 7.28. The molecule has 1 aliphatic carbocycles. The van der Waals surface area contributed by atoms with Crippen molar-refractivity contribution in [2.45, 2.75) is 50.7 Å². The Bertz CT molecular complexity index is 926. The van der Waals surface area contributed by atoms with E-state index in [2.05, 4.69) is 10.3 Å². The van der Waals surface area contributed by atoms with E-state index in [0.717, 1.165) is 32.1 Å². The van der Waals surface area contributed by atoms with E-state index in [0.29, 0.717) is 30.9 Å². The van der Waals surface area contributed by atoms with Crippen LogP contribution in [-0.2, 0) is 14.3 Å². The molecule has 2 amide bonds. The molecular weight excluding hydrogens is 402 g/mol. The lowest BCUT2D eigenvalue weighted by Gasteiger charge is -2.30. The fourth-order valence-electron chi connectivity index (χ4n) is 5.64. The third kappa shape index (κ3) is 3.98. The zero-order valence-electron chi connectivity index (χ0n) is 17.6. The predicted octanol–water partition coefficient (Wildman–Crippen LogP) is 0.920. The summed E-state index contributed by atoms with van der Waals surface area (Å²) in [4.78, 5) is 49.9. The summed E-state index contributed by atoms with van der Waals surface area (Å²) in [5, 5.41) is 10.0. The second-order valence-electron chi connectivity index (χ2n) is 9.11. The van der Waals surface area contributed by atoms with Gasteiger partial charge in [0.1, 0.15) is 0 Å². The fraction of sp³-hybridized carbons (Fsp3) is 0.636. The van der Waals surface area contributed by atoms with Gasteiger partial charge in [0.05, 0.1) is 18.2 Å². The number of nitrogens with one attached hydrogen (secondary N) is 2. The van der Waals surface area contributed by atoms with Crippen molar-refractivity contribution in [3.63, 3.8) is 0 Å². The van der Waals surface area contributed by atoms with Crippen molar-refractivity contribution in [2.24, 2.45) is 17.8 Å². The van der Waals surface area contributed by atoms with Gasteiger partial charge in [0.15, 0.2) is 0 Å². The molecule has 2 bridgehead atoms. The molecule has 4 atom stereocenters. The molecule has 9 nitrogen and oxygen atoms in total. The largest absolute Gasteiger partial charge is 0.483 e. The average Bonchev–Trinajstić information content (AvgIpc) is 3.32. The van der Waals surface area contributed by atoms with Gasteiger partial charge < -0.3 is 25.0 Å². The molecule has 4 fully saturated rings. The summed E-state index contributed by atoms with van der Waals surface area (Å²) in [5.41, 5.74) is 0.585. The first-order valence-electron chi connectivity index (χ1n) is 10.9. The molecule has 0 radical (unpaired) electrons. The normalized spacial score (nSPS) is 30.7. The highest BCUT2D eigenvalue weighted by molar-refractivity contribution is 5.94. The average molecular weight is 431 g/mol. The van der Waals surface area contributed by atoms with E-state index in [1.165, 1.54) is 6.07 Å². The number of ether oxygens (including phenoxy) is 1. The Labute approximate surface area is 180 Å². The Morgan fingerprint density at radius 1 is 1.35 bits per heavy atom. The number of carboxylic acid groups (broad SMARTS) is 1. The first-order valence-corrected chi connectivity index (χ1v) is 10.9. The van der Waals surface area contributed by atoms with Gasteiger partial charge in [-0.25, -0.2) is 0 Å². The van der Waals surface area contributed by atoms with E-state index < -0.39 is 0 Å². The Morgan fingerprint density at radius 3 is 2.74 bits per heavy atom. The number of carbonyl (C=O) groups excluding carboxylic acids is 2. The molecule has 0 unspecified atom stereocenters. The van der Waals surface area contributed by atoms with Gasteiger partial charge >= 0.3 is 0 Å². The highest BCUT2D eigenvalue weighted by Crippen LogP contribution is 2.54. The van der Waals surface area contributed by atoms with E-state index in [4.69, 9.17) is 14.6 Å². The second-order valence-corrected chi connectivity index (χ2v) is 9.11. The van der Waals surface area contributed by atoms with Crippen molar-refractivity contribution in [2.75, 3.05) is 19.6 Å². The van der Waals surface area contributed by atoms with Crippen LogP contribution in [0.3, 0.4) is 0 Å². The summed E-state index contributed by atoms with van der Waals surface area (Å²) in [6, 6.07) is 3.10. The summed E-state index contributed by atoms with van der Waals surface area (Å²) in [7, 11) is 0. The fourth-order valence-corrected chi connectivity index (χ4v) is 5.64. The molecule has 9 heteroatoms. The molecule has 1 aromatic rings. The van der Waals surface area contributed by atoms with Crippen molar-refractivity contribution >= 4 is 18.3 Å². The number of nitrogens with zero attached hydrogens (tertiary/aromatic N) is 1. The quantitative estimate of drug-likeness (QED) is 0.608. The van der Waals surface area contributed by atoms with Crippen LogP contribution in [0.5, 0.6) is 0 Å². The highest BCUT2D eigenvalue weighted by Gasteiger charge is 2.63. The van der Waals surface area contributed by atoms with E-state index in [1.54, 1.807) is 13.0 Å². The number of hydrogen-bond donors (Lipinski definition) is 3. The number of fused-ring (bicyclic) bond motifs is 1. The number of H-pyrrole nitrogens is 1. The molecular formula is C22H29N3O6. The summed E-state index contributed by atoms with van der Waals surface area (Å²) in [5.74, 6) is 0.765. The van der Waals surface area contributed by atoms with Gasteiger partial charge in [0.2, 0.25) is 11.5 Å². The maximum Gasteiger partial charge on any atom is 0.290 e. The van der Waals surface area contributed by atoms with Crippen LogP contribution >= 0.6 is 0 Å². The number of hydrogen-bond acceptors (Lipinski definition) is 5. The Balaban J connectivity index is 0.000000730. The summed E-state index contributed by atoms with van der Waals surface area (Å²) < 4.78 is 6.38. The standard InChI is InChI=1S/C21H27N3O4.CH2O2/c1-12-7-14(8-18(25)23-12)20(27)24-10-16-15(9-22-19(26)13-3-2-4-13)17-5-6-21(16,11-24)28-17;2-1-3/h7-8,13,15-17H,2-6,9-11H2,1H3,(H,22,26)(H,23,25);1H,(H,2,3)/t15-,16+,17+,21+;/m0./s1. The van der Waals surface area contributed by atoms with Crippen molar-refractivity contribution in [3.8, 4) is 0 Å². The van der Waals surface area contributed by atoms with Crippen molar-refractivity contribution in [1.82, 2.24) is 15.2 Å². The van der Waals surface area contributed by atoms with Gasteiger partial charge in [0, 0.05) is 48.2 Å². The Hall–Kier alpha value is -2.68. The number of aryl methyl sites for hydroxylation is 1. The lowest BCUT2D eigenvalue weighted by molar-refractivity contribution is -0.127. The van der Waals surface area contributed by atoms with Crippen LogP contribution in [0, 0.1) is 24.7 Å². The van der Waals surface area contributed by atoms with Crippen LogP contribution in [0.4, 0.5) is 0 Å². The maximum atomic E-state index is 13.0. The van der Waals surface area contributed by atoms with Gasteiger partial charge in [-0.1, -0.05) is 6.42 Å². The van der Waals surface area contributed by atoms with Crippen LogP contribution in [-0.4, -0.2) is 64.6 Å². The molecule has 1 saturated carbocycles. The van der Waals surface area contributed by atoms with E-state index in [1.807, 2.05) is 4.90 Å². The smallest absolute Gasteiger partial charge is 0.290 e. The lowest BCUT2D eigenvalue weighted by atomic mass is 9.73. The van der Waals surface area contributed by atoms with Crippen molar-refractivity contribution in [1.29, 1.82) is 0 Å². The van der Waals surface area contributed by atoms with Gasteiger partial charge in [-0.05, 0) is 38.7 Å². The van der Waals surface area contributed by atoms with E-state index >= 15 is 0 Å². The molecule has 3 saturated heterocycles. The number of carbonyl (C=O) groups is 3. The predicted molar refractivity (Wildman–Crippen MR) is 111 cm³/mol. The molecule has 5 rings (SSSR count).